The molecule has 0 saturated heterocycles. The average Bonchev–Trinajstić information content (AvgIpc) is 3.00. The van der Waals surface area contributed by atoms with Gasteiger partial charge < -0.3 is 19.3 Å². The number of phosphoric acid groups is 1. The lowest BCUT2D eigenvalue weighted by Crippen LogP contribution is -2.29. The van der Waals surface area contributed by atoms with Gasteiger partial charge in [-0.2, -0.15) is 0 Å². The van der Waals surface area contributed by atoms with Crippen LogP contribution in [-0.4, -0.2) is 41.0 Å². The van der Waals surface area contributed by atoms with E-state index >= 15 is 0 Å². The van der Waals surface area contributed by atoms with Crippen LogP contribution in [0, 0.1) is 0 Å². The fraction of sp³-hybridized carbons (Fsp3) is 0.833. The van der Waals surface area contributed by atoms with Crippen LogP contribution in [0.2, 0.25) is 0 Å². The van der Waals surface area contributed by atoms with Gasteiger partial charge in [0.1, 0.15) is 6.61 Å². The van der Waals surface area contributed by atoms with Crippen molar-refractivity contribution in [2.75, 3.05) is 13.2 Å². The van der Waals surface area contributed by atoms with Crippen LogP contribution < -0.4 is 0 Å². The van der Waals surface area contributed by atoms with E-state index in [4.69, 9.17) is 19.3 Å². The molecule has 8 nitrogen and oxygen atoms in total. The van der Waals surface area contributed by atoms with Gasteiger partial charge in [-0.25, -0.2) is 4.57 Å². The third-order valence-corrected chi connectivity index (χ3v) is 8.21. The molecule has 0 aromatic carbocycles. The molecule has 0 aromatic rings. The molecule has 0 aliphatic heterocycles. The summed E-state index contributed by atoms with van der Waals surface area (Å²) in [6.07, 6.45) is 34.7. The van der Waals surface area contributed by atoms with Gasteiger partial charge in [-0.15, -0.1) is 0 Å². The first kappa shape index (κ1) is 43.5. The first-order valence-electron chi connectivity index (χ1n) is 18.1. The summed E-state index contributed by atoms with van der Waals surface area (Å²) in [7, 11) is -4.75. The minimum Gasteiger partial charge on any atom is -0.462 e. The number of carbonyl (C=O) groups excluding carboxylic acids is 2. The van der Waals surface area contributed by atoms with Crippen molar-refractivity contribution in [3.63, 3.8) is 0 Å². The van der Waals surface area contributed by atoms with Crippen molar-refractivity contribution in [1.82, 2.24) is 0 Å². The number of rotatable bonds is 33. The van der Waals surface area contributed by atoms with Crippen molar-refractivity contribution < 1.29 is 37.9 Å². The zero-order valence-electron chi connectivity index (χ0n) is 28.8. The second-order valence-electron chi connectivity index (χ2n) is 12.2. The number of phosphoric ester groups is 1. The van der Waals surface area contributed by atoms with Gasteiger partial charge in [0.25, 0.3) is 0 Å². The van der Waals surface area contributed by atoms with Crippen LogP contribution in [0.15, 0.2) is 24.3 Å². The monoisotopic (exact) mass is 658 g/mol. The molecule has 0 saturated carbocycles. The Morgan fingerprint density at radius 3 is 1.51 bits per heavy atom. The molecule has 0 rings (SSSR count). The Kier molecular flexibility index (Phi) is 31.4. The highest BCUT2D eigenvalue weighted by molar-refractivity contribution is 7.46. The van der Waals surface area contributed by atoms with Crippen LogP contribution in [0.5, 0.6) is 0 Å². The fourth-order valence-electron chi connectivity index (χ4n) is 4.99. The van der Waals surface area contributed by atoms with E-state index < -0.39 is 32.5 Å². The summed E-state index contributed by atoms with van der Waals surface area (Å²) in [6, 6.07) is 0. The van der Waals surface area contributed by atoms with Crippen molar-refractivity contribution in [3.8, 4) is 0 Å². The molecular formula is C36H67O8P. The lowest BCUT2D eigenvalue weighted by Gasteiger charge is -2.18. The molecular weight excluding hydrogens is 591 g/mol. The van der Waals surface area contributed by atoms with E-state index in [-0.39, 0.29) is 19.4 Å². The normalized spacial score (nSPS) is 12.7. The summed E-state index contributed by atoms with van der Waals surface area (Å²) >= 11 is 0. The molecule has 1 atom stereocenters. The van der Waals surface area contributed by atoms with Crippen LogP contribution in [0.4, 0.5) is 0 Å². The van der Waals surface area contributed by atoms with Gasteiger partial charge in [-0.3, -0.25) is 14.1 Å². The zero-order chi connectivity index (χ0) is 33.3. The summed E-state index contributed by atoms with van der Waals surface area (Å²) in [4.78, 5) is 42.6. The number of hydrogen-bond donors (Lipinski definition) is 2. The fourth-order valence-corrected chi connectivity index (χ4v) is 5.35. The van der Waals surface area contributed by atoms with Gasteiger partial charge in [0.05, 0.1) is 6.61 Å². The molecule has 264 valence electrons. The number of esters is 2. The number of allylic oxidation sites excluding steroid dienone is 4. The number of carbonyl (C=O) groups is 2. The van der Waals surface area contributed by atoms with E-state index in [1.807, 2.05) is 0 Å². The van der Waals surface area contributed by atoms with E-state index in [0.717, 1.165) is 57.8 Å². The summed E-state index contributed by atoms with van der Waals surface area (Å²) in [5, 5.41) is 0. The molecule has 2 N–H and O–H groups in total. The Labute approximate surface area is 275 Å². The standard InChI is InChI=1S/C36H67O8P/c1-3-5-7-9-11-13-15-17-18-19-21-22-24-26-28-30-35(37)42-32-34(33-43-45(39,40)41)44-36(38)31-29-27-25-23-20-16-14-12-10-8-6-4-2/h11,13,17-18,34H,3-10,12,14-16,19-33H2,1-2H3,(H2,39,40,41)/b13-11+,18-17+/t34-/m1/s1. The Morgan fingerprint density at radius 2 is 1.00 bits per heavy atom. The van der Waals surface area contributed by atoms with Crippen molar-refractivity contribution in [1.29, 1.82) is 0 Å². The molecule has 0 aromatic heterocycles. The maximum Gasteiger partial charge on any atom is 0.469 e. The highest BCUT2D eigenvalue weighted by atomic mass is 31.2. The Bertz CT molecular complexity index is 792. The molecule has 0 bridgehead atoms. The summed E-state index contributed by atoms with van der Waals surface area (Å²) < 4.78 is 26.2. The SMILES string of the molecule is CCCCC/C=C/C/C=C/CCCCCCCC(=O)OC[C@H](COP(=O)(O)O)OC(=O)CCCCCCCCCCCCCC. The van der Waals surface area contributed by atoms with Gasteiger partial charge in [-0.05, 0) is 44.9 Å². The third kappa shape index (κ3) is 35.2. The van der Waals surface area contributed by atoms with Gasteiger partial charge in [0.15, 0.2) is 6.10 Å². The van der Waals surface area contributed by atoms with Crippen molar-refractivity contribution >= 4 is 19.8 Å². The van der Waals surface area contributed by atoms with Crippen molar-refractivity contribution in [2.45, 2.75) is 180 Å². The average molecular weight is 659 g/mol. The number of hydrogen-bond acceptors (Lipinski definition) is 6. The molecule has 0 amide bonds. The molecule has 0 radical (unpaired) electrons. The molecule has 0 fully saturated rings. The second kappa shape index (κ2) is 32.5. The van der Waals surface area contributed by atoms with Crippen LogP contribution in [0.25, 0.3) is 0 Å². The molecule has 0 heterocycles. The van der Waals surface area contributed by atoms with E-state index in [1.54, 1.807) is 0 Å². The number of ether oxygens (including phenoxy) is 2. The van der Waals surface area contributed by atoms with Crippen LogP contribution in [-0.2, 0) is 28.2 Å². The zero-order valence-corrected chi connectivity index (χ0v) is 29.7. The first-order chi connectivity index (χ1) is 21.8. The number of unbranched alkanes of at least 4 members (excludes halogenated alkanes) is 19. The van der Waals surface area contributed by atoms with E-state index in [2.05, 4.69) is 42.7 Å². The Hall–Kier alpha value is -1.47. The van der Waals surface area contributed by atoms with Gasteiger partial charge >= 0.3 is 19.8 Å². The van der Waals surface area contributed by atoms with Crippen molar-refractivity contribution in [3.05, 3.63) is 24.3 Å². The molecule has 0 spiro atoms. The molecule has 0 aliphatic rings. The minimum atomic E-state index is -4.75. The predicted octanol–water partition coefficient (Wildman–Crippen LogP) is 10.5. The van der Waals surface area contributed by atoms with Gasteiger partial charge in [0.2, 0.25) is 0 Å². The van der Waals surface area contributed by atoms with E-state index in [9.17, 15) is 14.2 Å². The maximum absolute atomic E-state index is 12.3. The molecule has 9 heteroatoms. The van der Waals surface area contributed by atoms with Crippen LogP contribution >= 0.6 is 7.82 Å². The summed E-state index contributed by atoms with van der Waals surface area (Å²) in [5.41, 5.74) is 0. The minimum absolute atomic E-state index is 0.212. The lowest BCUT2D eigenvalue weighted by molar-refractivity contribution is -0.161. The first-order valence-corrected chi connectivity index (χ1v) is 19.7. The second-order valence-corrected chi connectivity index (χ2v) is 13.4. The molecule has 0 aliphatic carbocycles. The molecule has 45 heavy (non-hydrogen) atoms. The summed E-state index contributed by atoms with van der Waals surface area (Å²) in [6.45, 7) is 3.63. The Morgan fingerprint density at radius 1 is 0.578 bits per heavy atom. The van der Waals surface area contributed by atoms with Crippen LogP contribution in [0.1, 0.15) is 174 Å². The predicted molar refractivity (Wildman–Crippen MR) is 184 cm³/mol. The summed E-state index contributed by atoms with van der Waals surface area (Å²) in [5.74, 6) is -0.898. The van der Waals surface area contributed by atoms with E-state index in [0.29, 0.717) is 12.8 Å². The van der Waals surface area contributed by atoms with Gasteiger partial charge in [0, 0.05) is 12.8 Å². The quantitative estimate of drug-likeness (QED) is 0.0309. The van der Waals surface area contributed by atoms with Crippen molar-refractivity contribution in [2.24, 2.45) is 0 Å². The lowest BCUT2D eigenvalue weighted by atomic mass is 10.0. The Balaban J connectivity index is 3.99. The smallest absolute Gasteiger partial charge is 0.462 e. The largest absolute Gasteiger partial charge is 0.469 e. The topological polar surface area (TPSA) is 119 Å². The maximum atomic E-state index is 12.3. The third-order valence-electron chi connectivity index (χ3n) is 7.72. The van der Waals surface area contributed by atoms with E-state index in [1.165, 1.54) is 77.0 Å². The van der Waals surface area contributed by atoms with Crippen LogP contribution in [0.3, 0.4) is 0 Å². The molecule has 0 unspecified atom stereocenters. The van der Waals surface area contributed by atoms with Gasteiger partial charge in [-0.1, -0.05) is 141 Å². The highest BCUT2D eigenvalue weighted by Gasteiger charge is 2.22. The highest BCUT2D eigenvalue weighted by Crippen LogP contribution is 2.36.